The average Bonchev–Trinajstić information content (AvgIpc) is 3.20. The van der Waals surface area contributed by atoms with Crippen LogP contribution >= 0.6 is 0 Å². The fraction of sp³-hybridized carbons (Fsp3) is 0.292. The second kappa shape index (κ2) is 7.44. The number of rotatable bonds is 6. The Morgan fingerprint density at radius 2 is 1.60 bits per heavy atom. The first kappa shape index (κ1) is 19.9. The molecule has 6 heteroatoms. The van der Waals surface area contributed by atoms with E-state index < -0.39 is 11.6 Å². The molecule has 2 aromatic carbocycles. The summed E-state index contributed by atoms with van der Waals surface area (Å²) in [6, 6.07) is 16.9. The standard InChI is InChI=1S/C24H25N3O3/c1-4-24(5-2)22(29)27(23(30)25-24)15-19(28)20-17-13-9-10-14-18(17)26(3)21(20)16-11-7-6-8-12-16/h6-14H,4-5,15H2,1-3H3,(H,25,30). The number of ketones is 1. The number of fused-ring (bicyclic) bond motifs is 1. The highest BCUT2D eigenvalue weighted by Gasteiger charge is 2.49. The van der Waals surface area contributed by atoms with Crippen LogP contribution < -0.4 is 5.32 Å². The van der Waals surface area contributed by atoms with Crippen LogP contribution in [0.15, 0.2) is 54.6 Å². The van der Waals surface area contributed by atoms with Crippen LogP contribution in [-0.2, 0) is 11.8 Å². The molecular formula is C24H25N3O3. The second-order valence-electron chi connectivity index (χ2n) is 7.70. The van der Waals surface area contributed by atoms with E-state index in [0.717, 1.165) is 27.1 Å². The van der Waals surface area contributed by atoms with Crippen molar-refractivity contribution >= 4 is 28.6 Å². The highest BCUT2D eigenvalue weighted by Crippen LogP contribution is 2.34. The quantitative estimate of drug-likeness (QED) is 0.497. The van der Waals surface area contributed by atoms with Gasteiger partial charge in [0.25, 0.3) is 5.91 Å². The van der Waals surface area contributed by atoms with Gasteiger partial charge in [0.05, 0.1) is 17.8 Å². The largest absolute Gasteiger partial charge is 0.343 e. The number of benzene rings is 2. The van der Waals surface area contributed by atoms with Gasteiger partial charge in [-0.15, -0.1) is 0 Å². The van der Waals surface area contributed by atoms with Crippen LogP contribution in [0.4, 0.5) is 4.79 Å². The number of hydrogen-bond acceptors (Lipinski definition) is 3. The maximum absolute atomic E-state index is 13.5. The molecule has 0 atom stereocenters. The SMILES string of the molecule is CCC1(CC)NC(=O)N(CC(=O)c2c(-c3ccccc3)n(C)c3ccccc23)C1=O. The third kappa shape index (κ3) is 2.91. The van der Waals surface area contributed by atoms with Gasteiger partial charge in [0.1, 0.15) is 5.54 Å². The average molecular weight is 403 g/mol. The Labute approximate surface area is 175 Å². The molecular weight excluding hydrogens is 378 g/mol. The molecule has 30 heavy (non-hydrogen) atoms. The topological polar surface area (TPSA) is 71.4 Å². The summed E-state index contributed by atoms with van der Waals surface area (Å²) in [6.07, 6.45) is 0.977. The molecule has 3 amide bonds. The minimum Gasteiger partial charge on any atom is -0.343 e. The number of urea groups is 1. The number of amides is 3. The van der Waals surface area contributed by atoms with Crippen molar-refractivity contribution in [2.45, 2.75) is 32.2 Å². The molecule has 1 aliphatic rings. The fourth-order valence-electron chi connectivity index (χ4n) is 4.38. The Kier molecular flexibility index (Phi) is 4.94. The molecule has 0 unspecified atom stereocenters. The van der Waals surface area contributed by atoms with Gasteiger partial charge in [-0.3, -0.25) is 14.5 Å². The smallest absolute Gasteiger partial charge is 0.325 e. The number of aryl methyl sites for hydroxylation is 1. The first-order chi connectivity index (χ1) is 14.4. The van der Waals surface area contributed by atoms with Gasteiger partial charge in [-0.2, -0.15) is 0 Å². The van der Waals surface area contributed by atoms with Gasteiger partial charge in [0.15, 0.2) is 5.78 Å². The number of nitrogens with one attached hydrogen (secondary N) is 1. The van der Waals surface area contributed by atoms with Crippen molar-refractivity contribution in [1.29, 1.82) is 0 Å². The summed E-state index contributed by atoms with van der Waals surface area (Å²) in [4.78, 5) is 40.1. The van der Waals surface area contributed by atoms with Crippen molar-refractivity contribution < 1.29 is 14.4 Å². The van der Waals surface area contributed by atoms with Crippen molar-refractivity contribution in [2.75, 3.05) is 6.54 Å². The number of carbonyl (C=O) groups is 3. The molecule has 1 N–H and O–H groups in total. The monoisotopic (exact) mass is 403 g/mol. The molecule has 2 heterocycles. The van der Waals surface area contributed by atoms with Crippen molar-refractivity contribution in [3.8, 4) is 11.3 Å². The lowest BCUT2D eigenvalue weighted by atomic mass is 9.93. The molecule has 0 bridgehead atoms. The van der Waals surface area contributed by atoms with E-state index in [1.165, 1.54) is 0 Å². The molecule has 3 aromatic rings. The third-order valence-electron chi connectivity index (χ3n) is 6.19. The van der Waals surface area contributed by atoms with Crippen LogP contribution in [-0.4, -0.2) is 39.3 Å². The van der Waals surface area contributed by atoms with Crippen molar-refractivity contribution in [1.82, 2.24) is 14.8 Å². The normalized spacial score (nSPS) is 15.6. The number of nitrogens with zero attached hydrogens (tertiary/aromatic N) is 2. The van der Waals surface area contributed by atoms with Crippen LogP contribution in [0, 0.1) is 0 Å². The summed E-state index contributed by atoms with van der Waals surface area (Å²) in [5.74, 6) is -0.579. The predicted molar refractivity (Wildman–Crippen MR) is 116 cm³/mol. The summed E-state index contributed by atoms with van der Waals surface area (Å²) in [5, 5.41) is 3.61. The first-order valence-electron chi connectivity index (χ1n) is 10.2. The number of aromatic nitrogens is 1. The highest BCUT2D eigenvalue weighted by atomic mass is 16.2. The van der Waals surface area contributed by atoms with E-state index in [-0.39, 0.29) is 18.2 Å². The maximum Gasteiger partial charge on any atom is 0.325 e. The Morgan fingerprint density at radius 3 is 2.23 bits per heavy atom. The van der Waals surface area contributed by atoms with Crippen LogP contribution in [0.25, 0.3) is 22.2 Å². The predicted octanol–water partition coefficient (Wildman–Crippen LogP) is 4.14. The zero-order valence-corrected chi connectivity index (χ0v) is 17.4. The number of carbonyl (C=O) groups excluding carboxylic acids is 3. The summed E-state index contributed by atoms with van der Waals surface area (Å²) >= 11 is 0. The Balaban J connectivity index is 1.79. The summed E-state index contributed by atoms with van der Waals surface area (Å²) in [5.41, 5.74) is 2.23. The molecule has 1 aromatic heterocycles. The number of para-hydroxylation sites is 1. The van der Waals surface area contributed by atoms with Crippen LogP contribution in [0.3, 0.4) is 0 Å². The fourth-order valence-corrected chi connectivity index (χ4v) is 4.38. The van der Waals surface area contributed by atoms with E-state index in [1.807, 2.05) is 80.1 Å². The van der Waals surface area contributed by atoms with Gasteiger partial charge >= 0.3 is 6.03 Å². The zero-order valence-electron chi connectivity index (χ0n) is 17.4. The minimum atomic E-state index is -0.918. The van der Waals surface area contributed by atoms with Gasteiger partial charge in [-0.25, -0.2) is 4.79 Å². The van der Waals surface area contributed by atoms with Gasteiger partial charge < -0.3 is 9.88 Å². The highest BCUT2D eigenvalue weighted by molar-refractivity contribution is 6.17. The van der Waals surface area contributed by atoms with Gasteiger partial charge in [-0.05, 0) is 24.5 Å². The molecule has 154 valence electrons. The Hall–Kier alpha value is -3.41. The van der Waals surface area contributed by atoms with E-state index in [1.54, 1.807) is 0 Å². The number of Topliss-reactive ketones (excluding diaryl/α,β-unsaturated/α-hetero) is 1. The lowest BCUT2D eigenvalue weighted by Crippen LogP contribution is -2.46. The number of hydrogen-bond donors (Lipinski definition) is 1. The zero-order chi connectivity index (χ0) is 21.5. The lowest BCUT2D eigenvalue weighted by Gasteiger charge is -2.23. The molecule has 6 nitrogen and oxygen atoms in total. The summed E-state index contributed by atoms with van der Waals surface area (Å²) in [7, 11) is 1.92. The summed E-state index contributed by atoms with van der Waals surface area (Å²) in [6.45, 7) is 3.46. The van der Waals surface area contributed by atoms with Crippen molar-refractivity contribution in [3.63, 3.8) is 0 Å². The lowest BCUT2D eigenvalue weighted by molar-refractivity contribution is -0.131. The van der Waals surface area contributed by atoms with E-state index >= 15 is 0 Å². The van der Waals surface area contributed by atoms with E-state index in [2.05, 4.69) is 5.32 Å². The Bertz CT molecular complexity index is 1140. The summed E-state index contributed by atoms with van der Waals surface area (Å²) < 4.78 is 1.99. The maximum atomic E-state index is 13.5. The van der Waals surface area contributed by atoms with Gasteiger partial charge in [0, 0.05) is 18.0 Å². The molecule has 4 rings (SSSR count). The molecule has 0 aliphatic carbocycles. The van der Waals surface area contributed by atoms with Crippen LogP contribution in [0.5, 0.6) is 0 Å². The van der Waals surface area contributed by atoms with Crippen LogP contribution in [0.1, 0.15) is 37.0 Å². The van der Waals surface area contributed by atoms with Gasteiger partial charge in [-0.1, -0.05) is 62.4 Å². The van der Waals surface area contributed by atoms with E-state index in [9.17, 15) is 14.4 Å². The van der Waals surface area contributed by atoms with E-state index in [4.69, 9.17) is 0 Å². The second-order valence-corrected chi connectivity index (χ2v) is 7.70. The molecule has 0 radical (unpaired) electrons. The Morgan fingerprint density at radius 1 is 0.967 bits per heavy atom. The van der Waals surface area contributed by atoms with Crippen molar-refractivity contribution in [3.05, 3.63) is 60.2 Å². The molecule has 1 saturated heterocycles. The van der Waals surface area contributed by atoms with E-state index in [0.29, 0.717) is 18.4 Å². The molecule has 0 spiro atoms. The van der Waals surface area contributed by atoms with Crippen molar-refractivity contribution in [2.24, 2.45) is 7.05 Å². The van der Waals surface area contributed by atoms with Gasteiger partial charge in [0.2, 0.25) is 0 Å². The molecule has 0 saturated carbocycles. The molecule has 1 aliphatic heterocycles. The minimum absolute atomic E-state index is 0.253. The van der Waals surface area contributed by atoms with Crippen LogP contribution in [0.2, 0.25) is 0 Å². The first-order valence-corrected chi connectivity index (χ1v) is 10.2. The number of imide groups is 1. The molecule has 1 fully saturated rings. The third-order valence-corrected chi connectivity index (χ3v) is 6.19.